The molecule has 0 unspecified atom stereocenters. The first kappa shape index (κ1) is 14.9. The SMILES string of the molecule is CCc1cc(CC)nc(NCCNCCOC)n1. The molecule has 1 rings (SSSR count). The highest BCUT2D eigenvalue weighted by molar-refractivity contribution is 5.28. The predicted molar refractivity (Wildman–Crippen MR) is 74.0 cm³/mol. The van der Waals surface area contributed by atoms with Gasteiger partial charge in [-0.3, -0.25) is 0 Å². The Bertz CT molecular complexity index is 322. The van der Waals surface area contributed by atoms with Crippen LogP contribution < -0.4 is 10.6 Å². The lowest BCUT2D eigenvalue weighted by Gasteiger charge is -2.09. The quantitative estimate of drug-likeness (QED) is 0.648. The molecule has 0 saturated heterocycles. The Morgan fingerprint density at radius 2 is 1.72 bits per heavy atom. The van der Waals surface area contributed by atoms with Gasteiger partial charge in [0.05, 0.1) is 6.61 Å². The molecule has 5 nitrogen and oxygen atoms in total. The zero-order valence-electron chi connectivity index (χ0n) is 11.6. The molecule has 0 aromatic carbocycles. The number of methoxy groups -OCH3 is 1. The average molecular weight is 252 g/mol. The van der Waals surface area contributed by atoms with Gasteiger partial charge in [-0.25, -0.2) is 9.97 Å². The van der Waals surface area contributed by atoms with Gasteiger partial charge in [-0.05, 0) is 18.9 Å². The second-order valence-electron chi connectivity index (χ2n) is 4.05. The van der Waals surface area contributed by atoms with Gasteiger partial charge in [0.1, 0.15) is 0 Å². The normalized spacial score (nSPS) is 10.6. The number of aromatic nitrogens is 2. The molecular weight excluding hydrogens is 228 g/mol. The summed E-state index contributed by atoms with van der Waals surface area (Å²) < 4.78 is 4.96. The van der Waals surface area contributed by atoms with Gasteiger partial charge in [-0.15, -0.1) is 0 Å². The van der Waals surface area contributed by atoms with Crippen LogP contribution >= 0.6 is 0 Å². The fourth-order valence-electron chi connectivity index (χ4n) is 1.56. The van der Waals surface area contributed by atoms with Crippen LogP contribution in [0.1, 0.15) is 25.2 Å². The first-order valence-electron chi connectivity index (χ1n) is 6.60. The van der Waals surface area contributed by atoms with Gasteiger partial charge in [-0.2, -0.15) is 0 Å². The molecule has 0 amide bonds. The number of nitrogens with zero attached hydrogens (tertiary/aromatic N) is 2. The Morgan fingerprint density at radius 3 is 2.28 bits per heavy atom. The minimum Gasteiger partial charge on any atom is -0.383 e. The fraction of sp³-hybridized carbons (Fsp3) is 0.692. The van der Waals surface area contributed by atoms with Gasteiger partial charge >= 0.3 is 0 Å². The number of hydrogen-bond donors (Lipinski definition) is 2. The van der Waals surface area contributed by atoms with Crippen molar-refractivity contribution in [3.8, 4) is 0 Å². The maximum Gasteiger partial charge on any atom is 0.223 e. The van der Waals surface area contributed by atoms with E-state index in [0.717, 1.165) is 56.4 Å². The van der Waals surface area contributed by atoms with Crippen molar-refractivity contribution in [2.24, 2.45) is 0 Å². The van der Waals surface area contributed by atoms with E-state index >= 15 is 0 Å². The summed E-state index contributed by atoms with van der Waals surface area (Å²) in [5.41, 5.74) is 2.19. The van der Waals surface area contributed by atoms with Gasteiger partial charge in [0.15, 0.2) is 0 Å². The van der Waals surface area contributed by atoms with Gasteiger partial charge in [0, 0.05) is 38.1 Å². The molecule has 0 atom stereocenters. The minimum absolute atomic E-state index is 0.736. The zero-order valence-corrected chi connectivity index (χ0v) is 11.6. The number of hydrogen-bond acceptors (Lipinski definition) is 5. The second kappa shape index (κ2) is 8.83. The number of anilines is 1. The number of aryl methyl sites for hydroxylation is 2. The highest BCUT2D eigenvalue weighted by Crippen LogP contribution is 2.06. The van der Waals surface area contributed by atoms with Crippen molar-refractivity contribution in [1.82, 2.24) is 15.3 Å². The largest absolute Gasteiger partial charge is 0.383 e. The van der Waals surface area contributed by atoms with Gasteiger partial charge in [0.25, 0.3) is 0 Å². The van der Waals surface area contributed by atoms with E-state index in [4.69, 9.17) is 4.74 Å². The lowest BCUT2D eigenvalue weighted by atomic mass is 10.2. The molecule has 5 heteroatoms. The molecule has 0 aliphatic rings. The van der Waals surface area contributed by atoms with Crippen molar-refractivity contribution >= 4 is 5.95 Å². The number of ether oxygens (including phenoxy) is 1. The summed E-state index contributed by atoms with van der Waals surface area (Å²) in [6.45, 7) is 7.52. The Balaban J connectivity index is 2.36. The van der Waals surface area contributed by atoms with Crippen LogP contribution in [0, 0.1) is 0 Å². The lowest BCUT2D eigenvalue weighted by Crippen LogP contribution is -2.26. The molecule has 1 aromatic heterocycles. The summed E-state index contributed by atoms with van der Waals surface area (Å²) in [5.74, 6) is 0.736. The van der Waals surface area contributed by atoms with Crippen LogP contribution in [0.15, 0.2) is 6.07 Å². The molecule has 18 heavy (non-hydrogen) atoms. The third-order valence-electron chi connectivity index (χ3n) is 2.62. The van der Waals surface area contributed by atoms with Crippen molar-refractivity contribution in [1.29, 1.82) is 0 Å². The molecule has 1 aromatic rings. The highest BCUT2D eigenvalue weighted by atomic mass is 16.5. The second-order valence-corrected chi connectivity index (χ2v) is 4.05. The summed E-state index contributed by atoms with van der Waals surface area (Å²) >= 11 is 0. The monoisotopic (exact) mass is 252 g/mol. The van der Waals surface area contributed by atoms with E-state index < -0.39 is 0 Å². The van der Waals surface area contributed by atoms with E-state index in [-0.39, 0.29) is 0 Å². The standard InChI is InChI=1S/C13H24N4O/c1-4-11-10-12(5-2)17-13(16-11)15-7-6-14-8-9-18-3/h10,14H,4-9H2,1-3H3,(H,15,16,17). The summed E-state index contributed by atoms with van der Waals surface area (Å²) in [4.78, 5) is 8.92. The van der Waals surface area contributed by atoms with Crippen LogP contribution in [-0.4, -0.2) is 43.3 Å². The van der Waals surface area contributed by atoms with E-state index in [1.54, 1.807) is 7.11 Å². The van der Waals surface area contributed by atoms with Crippen LogP contribution in [-0.2, 0) is 17.6 Å². The molecule has 102 valence electrons. The average Bonchev–Trinajstić information content (AvgIpc) is 2.42. The molecule has 0 aliphatic carbocycles. The fourth-order valence-corrected chi connectivity index (χ4v) is 1.56. The lowest BCUT2D eigenvalue weighted by molar-refractivity contribution is 0.200. The Labute approximate surface area is 109 Å². The van der Waals surface area contributed by atoms with Crippen LogP contribution in [0.4, 0.5) is 5.95 Å². The molecule has 0 spiro atoms. The maximum absolute atomic E-state index is 4.96. The van der Waals surface area contributed by atoms with E-state index in [1.165, 1.54) is 0 Å². The number of nitrogens with one attached hydrogen (secondary N) is 2. The van der Waals surface area contributed by atoms with Crippen LogP contribution in [0.3, 0.4) is 0 Å². The summed E-state index contributed by atoms with van der Waals surface area (Å²) in [6, 6.07) is 2.07. The molecular formula is C13H24N4O. The summed E-state index contributed by atoms with van der Waals surface area (Å²) in [6.07, 6.45) is 1.88. The molecule has 0 bridgehead atoms. The topological polar surface area (TPSA) is 59.1 Å². The van der Waals surface area contributed by atoms with Crippen molar-refractivity contribution < 1.29 is 4.74 Å². The minimum atomic E-state index is 0.736. The van der Waals surface area contributed by atoms with Crippen molar-refractivity contribution in [3.63, 3.8) is 0 Å². The Kier molecular flexibility index (Phi) is 7.29. The van der Waals surface area contributed by atoms with E-state index in [2.05, 4.69) is 40.5 Å². The van der Waals surface area contributed by atoms with Crippen LogP contribution in [0.5, 0.6) is 0 Å². The van der Waals surface area contributed by atoms with Crippen LogP contribution in [0.2, 0.25) is 0 Å². The van der Waals surface area contributed by atoms with Gasteiger partial charge < -0.3 is 15.4 Å². The molecule has 2 N–H and O–H groups in total. The predicted octanol–water partition coefficient (Wildman–Crippen LogP) is 1.25. The summed E-state index contributed by atoms with van der Waals surface area (Å²) in [5, 5.41) is 6.52. The zero-order chi connectivity index (χ0) is 13.2. The molecule has 1 heterocycles. The van der Waals surface area contributed by atoms with E-state index in [1.807, 2.05) is 0 Å². The third kappa shape index (κ3) is 5.42. The third-order valence-corrected chi connectivity index (χ3v) is 2.62. The van der Waals surface area contributed by atoms with Crippen molar-refractivity contribution in [2.75, 3.05) is 38.7 Å². The first-order chi connectivity index (χ1) is 8.80. The first-order valence-corrected chi connectivity index (χ1v) is 6.60. The van der Waals surface area contributed by atoms with Gasteiger partial charge in [-0.1, -0.05) is 13.8 Å². The van der Waals surface area contributed by atoms with Crippen LogP contribution in [0.25, 0.3) is 0 Å². The Morgan fingerprint density at radius 1 is 1.06 bits per heavy atom. The van der Waals surface area contributed by atoms with Crippen molar-refractivity contribution in [2.45, 2.75) is 26.7 Å². The van der Waals surface area contributed by atoms with E-state index in [0.29, 0.717) is 0 Å². The highest BCUT2D eigenvalue weighted by Gasteiger charge is 2.01. The van der Waals surface area contributed by atoms with E-state index in [9.17, 15) is 0 Å². The molecule has 0 fully saturated rings. The molecule has 0 saturated carbocycles. The molecule has 0 radical (unpaired) electrons. The Hall–Kier alpha value is -1.20. The van der Waals surface area contributed by atoms with Gasteiger partial charge in [0.2, 0.25) is 5.95 Å². The smallest absolute Gasteiger partial charge is 0.223 e. The summed E-state index contributed by atoms with van der Waals surface area (Å²) in [7, 11) is 1.70. The maximum atomic E-state index is 4.96. The van der Waals surface area contributed by atoms with Crippen molar-refractivity contribution in [3.05, 3.63) is 17.5 Å². The number of rotatable bonds is 9. The molecule has 0 aliphatic heterocycles.